The summed E-state index contributed by atoms with van der Waals surface area (Å²) < 4.78 is 41.4. The summed E-state index contributed by atoms with van der Waals surface area (Å²) in [6, 6.07) is 7.70. The molecule has 5 rings (SSSR count). The molecule has 0 spiro atoms. The monoisotopic (exact) mass is 557 g/mol. The number of alkyl halides is 3. The lowest BCUT2D eigenvalue weighted by atomic mass is 10.1. The summed E-state index contributed by atoms with van der Waals surface area (Å²) in [6.45, 7) is 6.12. The first kappa shape index (κ1) is 28.3. The molecule has 0 aliphatic carbocycles. The number of nitrogens with one attached hydrogen (secondary N) is 3. The molecule has 0 saturated carbocycles. The standard InChI is InChI=1S/C28H38F3N9/c1-32-22-8-9-26(35-17-22)33-10-11-34-27-24-16-23(18-39-14-12-37(2)13-15-39)36-40(24)19-25(38(27)3)20-4-6-21(7-5-20)28(29,30)31/h4-7,9,16-17,19,22,27,32-34H,8,10-15,18H2,1-3H3. The highest BCUT2D eigenvalue weighted by Crippen LogP contribution is 2.35. The van der Waals surface area contributed by atoms with E-state index < -0.39 is 11.7 Å². The second kappa shape index (κ2) is 12.1. The van der Waals surface area contributed by atoms with Crippen molar-refractivity contribution in [3.8, 4) is 0 Å². The molecular formula is C28H38F3N9. The number of rotatable bonds is 9. The zero-order chi connectivity index (χ0) is 28.3. The van der Waals surface area contributed by atoms with E-state index in [2.05, 4.69) is 54.8 Å². The molecular weight excluding hydrogens is 519 g/mol. The minimum absolute atomic E-state index is 0.213. The van der Waals surface area contributed by atoms with Gasteiger partial charge in [0.15, 0.2) is 0 Å². The van der Waals surface area contributed by atoms with E-state index in [-0.39, 0.29) is 12.2 Å². The molecule has 1 aromatic heterocycles. The first-order valence-corrected chi connectivity index (χ1v) is 13.7. The Morgan fingerprint density at radius 3 is 2.42 bits per heavy atom. The van der Waals surface area contributed by atoms with Gasteiger partial charge in [-0.25, -0.2) is 9.67 Å². The van der Waals surface area contributed by atoms with Crippen LogP contribution in [0.3, 0.4) is 0 Å². The molecule has 1 fully saturated rings. The van der Waals surface area contributed by atoms with Crippen LogP contribution in [0.2, 0.25) is 0 Å². The fourth-order valence-corrected chi connectivity index (χ4v) is 5.21. The minimum atomic E-state index is -4.37. The SMILES string of the molecule is CNC1C=NC(NCCNC2c3cc(CN4CCN(C)CC4)nn3C=C(c3ccc(C(F)(F)F)cc3)N2C)=CC1. The van der Waals surface area contributed by atoms with Crippen molar-refractivity contribution in [1.82, 2.24) is 40.4 Å². The van der Waals surface area contributed by atoms with Crippen LogP contribution in [0, 0.1) is 0 Å². The zero-order valence-corrected chi connectivity index (χ0v) is 23.2. The second-order valence-electron chi connectivity index (χ2n) is 10.6. The molecule has 4 heterocycles. The number of halogens is 3. The molecule has 0 amide bonds. The van der Waals surface area contributed by atoms with Crippen molar-refractivity contribution in [1.29, 1.82) is 0 Å². The molecule has 2 unspecified atom stereocenters. The summed E-state index contributed by atoms with van der Waals surface area (Å²) in [5.41, 5.74) is 2.80. The van der Waals surface area contributed by atoms with Gasteiger partial charge in [0.25, 0.3) is 0 Å². The van der Waals surface area contributed by atoms with Crippen molar-refractivity contribution in [2.24, 2.45) is 4.99 Å². The Morgan fingerprint density at radius 2 is 1.77 bits per heavy atom. The smallest absolute Gasteiger partial charge is 0.369 e. The van der Waals surface area contributed by atoms with Crippen molar-refractivity contribution < 1.29 is 13.2 Å². The summed E-state index contributed by atoms with van der Waals surface area (Å²) in [7, 11) is 6.01. The van der Waals surface area contributed by atoms with Crippen LogP contribution in [0.15, 0.2) is 47.2 Å². The van der Waals surface area contributed by atoms with Gasteiger partial charge in [0, 0.05) is 65.1 Å². The summed E-state index contributed by atoms with van der Waals surface area (Å²) in [6.07, 6.45) is 2.20. The predicted octanol–water partition coefficient (Wildman–Crippen LogP) is 2.63. The number of piperazine rings is 1. The normalized spacial score (nSPS) is 22.2. The van der Waals surface area contributed by atoms with Gasteiger partial charge in [-0.15, -0.1) is 0 Å². The second-order valence-corrected chi connectivity index (χ2v) is 10.6. The predicted molar refractivity (Wildman–Crippen MR) is 151 cm³/mol. The third-order valence-corrected chi connectivity index (χ3v) is 7.70. The summed E-state index contributed by atoms with van der Waals surface area (Å²) in [4.78, 5) is 11.3. The Kier molecular flexibility index (Phi) is 8.60. The van der Waals surface area contributed by atoms with Gasteiger partial charge < -0.3 is 20.4 Å². The van der Waals surface area contributed by atoms with Gasteiger partial charge >= 0.3 is 6.18 Å². The van der Waals surface area contributed by atoms with E-state index in [9.17, 15) is 13.2 Å². The molecule has 0 bridgehead atoms. The topological polar surface area (TPSA) is 76.0 Å². The van der Waals surface area contributed by atoms with Crippen LogP contribution in [0.4, 0.5) is 13.2 Å². The third kappa shape index (κ3) is 6.57. The molecule has 9 nitrogen and oxygen atoms in total. The average molecular weight is 558 g/mol. The summed E-state index contributed by atoms with van der Waals surface area (Å²) in [5.74, 6) is 0.857. The van der Waals surface area contributed by atoms with Gasteiger partial charge in [-0.2, -0.15) is 18.3 Å². The quantitative estimate of drug-likeness (QED) is 0.410. The lowest BCUT2D eigenvalue weighted by molar-refractivity contribution is -0.137. The number of fused-ring (bicyclic) bond motifs is 1. The van der Waals surface area contributed by atoms with Crippen molar-refractivity contribution in [2.75, 3.05) is 60.4 Å². The summed E-state index contributed by atoms with van der Waals surface area (Å²) in [5, 5.41) is 15.1. The number of nitrogens with zero attached hydrogens (tertiary/aromatic N) is 6. The number of likely N-dealkylation sites (N-methyl/N-ethyl adjacent to an activating group) is 1. The lowest BCUT2D eigenvalue weighted by Crippen LogP contribution is -2.43. The molecule has 216 valence electrons. The van der Waals surface area contributed by atoms with Crippen LogP contribution in [-0.4, -0.2) is 97.1 Å². The molecule has 1 saturated heterocycles. The van der Waals surface area contributed by atoms with E-state index in [0.29, 0.717) is 18.7 Å². The lowest BCUT2D eigenvalue weighted by Gasteiger charge is -2.36. The Labute approximate surface area is 233 Å². The van der Waals surface area contributed by atoms with E-state index in [1.54, 1.807) is 0 Å². The third-order valence-electron chi connectivity index (χ3n) is 7.70. The van der Waals surface area contributed by atoms with Gasteiger partial charge in [0.1, 0.15) is 12.0 Å². The Balaban J connectivity index is 1.33. The van der Waals surface area contributed by atoms with Crippen molar-refractivity contribution in [3.63, 3.8) is 0 Å². The van der Waals surface area contributed by atoms with E-state index in [4.69, 9.17) is 5.10 Å². The van der Waals surface area contributed by atoms with Crippen LogP contribution in [-0.2, 0) is 12.7 Å². The van der Waals surface area contributed by atoms with Gasteiger partial charge in [-0.05, 0) is 50.4 Å². The number of benzene rings is 1. The Hall–Kier alpha value is -3.19. The molecule has 1 aromatic carbocycles. The first-order chi connectivity index (χ1) is 19.2. The largest absolute Gasteiger partial charge is 0.416 e. The number of hydrogen-bond acceptors (Lipinski definition) is 8. The number of hydrogen-bond donors (Lipinski definition) is 3. The van der Waals surface area contributed by atoms with Gasteiger partial charge in [-0.1, -0.05) is 12.1 Å². The van der Waals surface area contributed by atoms with E-state index in [0.717, 1.165) is 74.2 Å². The van der Waals surface area contributed by atoms with Crippen LogP contribution in [0.1, 0.15) is 35.1 Å². The molecule has 3 N–H and O–H groups in total. The van der Waals surface area contributed by atoms with E-state index in [1.807, 2.05) is 31.2 Å². The van der Waals surface area contributed by atoms with Gasteiger partial charge in [-0.3, -0.25) is 10.2 Å². The molecule has 2 atom stereocenters. The van der Waals surface area contributed by atoms with E-state index in [1.165, 1.54) is 12.1 Å². The van der Waals surface area contributed by atoms with Crippen LogP contribution >= 0.6 is 0 Å². The minimum Gasteiger partial charge on any atom is -0.369 e. The van der Waals surface area contributed by atoms with Crippen molar-refractivity contribution in [3.05, 3.63) is 64.7 Å². The van der Waals surface area contributed by atoms with Gasteiger partial charge in [0.05, 0.1) is 28.8 Å². The average Bonchev–Trinajstić information content (AvgIpc) is 3.35. The summed E-state index contributed by atoms with van der Waals surface area (Å²) >= 11 is 0. The maximum Gasteiger partial charge on any atom is 0.416 e. The number of aromatic nitrogens is 2. The van der Waals surface area contributed by atoms with Crippen LogP contribution in [0.25, 0.3) is 11.9 Å². The zero-order valence-electron chi connectivity index (χ0n) is 23.2. The first-order valence-electron chi connectivity index (χ1n) is 13.7. The molecule has 3 aliphatic heterocycles. The van der Waals surface area contributed by atoms with Crippen LogP contribution in [0.5, 0.6) is 0 Å². The highest BCUT2D eigenvalue weighted by atomic mass is 19.4. The highest BCUT2D eigenvalue weighted by Gasteiger charge is 2.32. The molecule has 40 heavy (non-hydrogen) atoms. The van der Waals surface area contributed by atoms with Crippen LogP contribution < -0.4 is 16.0 Å². The van der Waals surface area contributed by atoms with Gasteiger partial charge in [0.2, 0.25) is 0 Å². The maximum atomic E-state index is 13.2. The molecule has 2 aromatic rings. The fourth-order valence-electron chi connectivity index (χ4n) is 5.21. The molecule has 3 aliphatic rings. The maximum absolute atomic E-state index is 13.2. The Morgan fingerprint density at radius 1 is 1.02 bits per heavy atom. The van der Waals surface area contributed by atoms with E-state index >= 15 is 0 Å². The number of aliphatic imine (C=N–C) groups is 1. The van der Waals surface area contributed by atoms with Crippen molar-refractivity contribution >= 4 is 18.1 Å². The molecule has 0 radical (unpaired) electrons. The Bertz CT molecular complexity index is 1240. The highest BCUT2D eigenvalue weighted by molar-refractivity contribution is 5.75. The fraction of sp³-hybridized carbons (Fsp3) is 0.500. The van der Waals surface area contributed by atoms with Crippen molar-refractivity contribution in [2.45, 2.75) is 31.3 Å². The molecule has 12 heteroatoms.